The Morgan fingerprint density at radius 2 is 2.00 bits per heavy atom. The van der Waals surface area contributed by atoms with Gasteiger partial charge in [-0.05, 0) is 35.7 Å². The SMILES string of the molecule is O=C(CC1CCCO1)NC(c1cccs1)c1cccs1. The van der Waals surface area contributed by atoms with Crippen LogP contribution in [0.5, 0.6) is 0 Å². The van der Waals surface area contributed by atoms with Gasteiger partial charge in [-0.2, -0.15) is 0 Å². The van der Waals surface area contributed by atoms with E-state index < -0.39 is 0 Å². The minimum atomic E-state index is -0.0242. The number of rotatable bonds is 5. The third-order valence-corrected chi connectivity index (χ3v) is 5.27. The lowest BCUT2D eigenvalue weighted by Crippen LogP contribution is -2.30. The molecule has 0 aliphatic carbocycles. The van der Waals surface area contributed by atoms with Crippen LogP contribution in [0.2, 0.25) is 0 Å². The molecule has 1 atom stereocenters. The van der Waals surface area contributed by atoms with Crippen molar-refractivity contribution in [3.05, 3.63) is 44.8 Å². The lowest BCUT2D eigenvalue weighted by molar-refractivity contribution is -0.123. The van der Waals surface area contributed by atoms with Crippen LogP contribution in [0.3, 0.4) is 0 Å². The molecule has 2 aromatic rings. The molecular formula is C15H17NO2S2. The molecule has 1 aliphatic heterocycles. The molecule has 0 aromatic carbocycles. The number of hydrogen-bond acceptors (Lipinski definition) is 4. The summed E-state index contributed by atoms with van der Waals surface area (Å²) < 4.78 is 5.53. The van der Waals surface area contributed by atoms with Crippen molar-refractivity contribution in [3.8, 4) is 0 Å². The van der Waals surface area contributed by atoms with Gasteiger partial charge in [0.15, 0.2) is 0 Å². The Balaban J connectivity index is 1.68. The summed E-state index contributed by atoms with van der Waals surface area (Å²) in [5.74, 6) is 0.0729. The van der Waals surface area contributed by atoms with E-state index >= 15 is 0 Å². The average Bonchev–Trinajstić information content (AvgIpc) is 3.18. The molecule has 1 aliphatic rings. The zero-order chi connectivity index (χ0) is 13.8. The summed E-state index contributed by atoms with van der Waals surface area (Å²) in [4.78, 5) is 14.6. The van der Waals surface area contributed by atoms with E-state index in [1.165, 1.54) is 9.75 Å². The number of hydrogen-bond donors (Lipinski definition) is 1. The van der Waals surface area contributed by atoms with E-state index in [4.69, 9.17) is 4.74 Å². The van der Waals surface area contributed by atoms with Crippen LogP contribution in [0.4, 0.5) is 0 Å². The standard InChI is InChI=1S/C15H17NO2S2/c17-14(10-11-4-1-7-18-11)16-15(12-5-2-8-19-12)13-6-3-9-20-13/h2-3,5-6,8-9,11,15H,1,4,7,10H2,(H,16,17). The summed E-state index contributed by atoms with van der Waals surface area (Å²) >= 11 is 3.35. The Morgan fingerprint density at radius 3 is 2.50 bits per heavy atom. The summed E-state index contributed by atoms with van der Waals surface area (Å²) in [7, 11) is 0. The predicted molar refractivity (Wildman–Crippen MR) is 82.2 cm³/mol. The lowest BCUT2D eigenvalue weighted by Gasteiger charge is -2.17. The van der Waals surface area contributed by atoms with E-state index in [0.717, 1.165) is 19.4 Å². The van der Waals surface area contributed by atoms with E-state index in [1.54, 1.807) is 22.7 Å². The Kier molecular flexibility index (Phi) is 4.50. The Labute approximate surface area is 126 Å². The van der Waals surface area contributed by atoms with E-state index in [1.807, 2.05) is 22.9 Å². The third kappa shape index (κ3) is 3.29. The molecular weight excluding hydrogens is 290 g/mol. The fourth-order valence-corrected chi connectivity index (χ4v) is 4.09. The van der Waals surface area contributed by atoms with Gasteiger partial charge < -0.3 is 10.1 Å². The molecule has 5 heteroatoms. The van der Waals surface area contributed by atoms with Crippen LogP contribution in [0.1, 0.15) is 35.1 Å². The van der Waals surface area contributed by atoms with E-state index in [0.29, 0.717) is 6.42 Å². The maximum Gasteiger partial charge on any atom is 0.223 e. The molecule has 1 unspecified atom stereocenters. The summed E-state index contributed by atoms with van der Waals surface area (Å²) in [6.07, 6.45) is 2.63. The quantitative estimate of drug-likeness (QED) is 0.917. The summed E-state index contributed by atoms with van der Waals surface area (Å²) in [6.45, 7) is 0.789. The first kappa shape index (κ1) is 13.8. The van der Waals surface area contributed by atoms with Gasteiger partial charge in [-0.25, -0.2) is 0 Å². The number of carbonyl (C=O) groups is 1. The van der Waals surface area contributed by atoms with Gasteiger partial charge in [0, 0.05) is 16.4 Å². The molecule has 0 spiro atoms. The molecule has 3 heterocycles. The van der Waals surface area contributed by atoms with Crippen molar-refractivity contribution in [1.82, 2.24) is 5.32 Å². The van der Waals surface area contributed by atoms with Gasteiger partial charge in [-0.3, -0.25) is 4.79 Å². The van der Waals surface area contributed by atoms with Gasteiger partial charge in [0.2, 0.25) is 5.91 Å². The molecule has 0 bridgehead atoms. The Morgan fingerprint density at radius 1 is 1.30 bits per heavy atom. The van der Waals surface area contributed by atoms with Crippen LogP contribution < -0.4 is 5.32 Å². The van der Waals surface area contributed by atoms with E-state index in [-0.39, 0.29) is 18.1 Å². The van der Waals surface area contributed by atoms with Crippen molar-refractivity contribution in [3.63, 3.8) is 0 Å². The molecule has 3 nitrogen and oxygen atoms in total. The van der Waals surface area contributed by atoms with Crippen LogP contribution in [-0.4, -0.2) is 18.6 Å². The van der Waals surface area contributed by atoms with Crippen LogP contribution in [0.15, 0.2) is 35.0 Å². The minimum absolute atomic E-state index is 0.0242. The van der Waals surface area contributed by atoms with Crippen LogP contribution in [0, 0.1) is 0 Å². The van der Waals surface area contributed by atoms with Crippen molar-refractivity contribution >= 4 is 28.6 Å². The molecule has 1 saturated heterocycles. The average molecular weight is 307 g/mol. The monoisotopic (exact) mass is 307 g/mol. The first-order chi connectivity index (χ1) is 9.83. The Bertz CT molecular complexity index is 496. The van der Waals surface area contributed by atoms with Crippen molar-refractivity contribution in [1.29, 1.82) is 0 Å². The van der Waals surface area contributed by atoms with Crippen LogP contribution in [0.25, 0.3) is 0 Å². The highest BCUT2D eigenvalue weighted by molar-refractivity contribution is 7.11. The number of nitrogens with one attached hydrogen (secondary N) is 1. The largest absolute Gasteiger partial charge is 0.378 e. The molecule has 1 N–H and O–H groups in total. The number of amides is 1. The van der Waals surface area contributed by atoms with Gasteiger partial charge in [0.1, 0.15) is 0 Å². The van der Waals surface area contributed by atoms with Gasteiger partial charge in [-0.15, -0.1) is 22.7 Å². The zero-order valence-corrected chi connectivity index (χ0v) is 12.7. The second-order valence-electron chi connectivity index (χ2n) is 4.87. The second kappa shape index (κ2) is 6.52. The highest BCUT2D eigenvalue weighted by Gasteiger charge is 2.23. The molecule has 20 heavy (non-hydrogen) atoms. The molecule has 0 radical (unpaired) electrons. The van der Waals surface area contributed by atoms with Gasteiger partial charge in [-0.1, -0.05) is 12.1 Å². The molecule has 2 aromatic heterocycles. The third-order valence-electron chi connectivity index (χ3n) is 3.40. The smallest absolute Gasteiger partial charge is 0.223 e. The van der Waals surface area contributed by atoms with Crippen molar-refractivity contribution in [2.75, 3.05) is 6.61 Å². The number of ether oxygens (including phenoxy) is 1. The van der Waals surface area contributed by atoms with Crippen molar-refractivity contribution in [2.24, 2.45) is 0 Å². The molecule has 1 fully saturated rings. The van der Waals surface area contributed by atoms with E-state index in [9.17, 15) is 4.79 Å². The molecule has 106 valence electrons. The normalized spacial score (nSPS) is 18.6. The first-order valence-electron chi connectivity index (χ1n) is 6.80. The lowest BCUT2D eigenvalue weighted by atomic mass is 10.1. The number of thiophene rings is 2. The van der Waals surface area contributed by atoms with Gasteiger partial charge in [0.05, 0.1) is 18.6 Å². The van der Waals surface area contributed by atoms with E-state index in [2.05, 4.69) is 17.4 Å². The van der Waals surface area contributed by atoms with Crippen LogP contribution in [-0.2, 0) is 9.53 Å². The Hall–Kier alpha value is -1.17. The second-order valence-corrected chi connectivity index (χ2v) is 6.83. The maximum atomic E-state index is 12.2. The topological polar surface area (TPSA) is 38.3 Å². The summed E-state index contributed by atoms with van der Waals surface area (Å²) in [5, 5.41) is 7.24. The first-order valence-corrected chi connectivity index (χ1v) is 8.56. The fraction of sp³-hybridized carbons (Fsp3) is 0.400. The summed E-state index contributed by atoms with van der Waals surface area (Å²) in [6, 6.07) is 8.16. The highest BCUT2D eigenvalue weighted by atomic mass is 32.1. The highest BCUT2D eigenvalue weighted by Crippen LogP contribution is 2.29. The molecule has 0 saturated carbocycles. The van der Waals surface area contributed by atoms with Gasteiger partial charge in [0.25, 0.3) is 0 Å². The van der Waals surface area contributed by atoms with Gasteiger partial charge >= 0.3 is 0 Å². The predicted octanol–water partition coefficient (Wildman–Crippen LogP) is 3.58. The molecule has 3 rings (SSSR count). The maximum absolute atomic E-state index is 12.2. The molecule has 1 amide bonds. The summed E-state index contributed by atoms with van der Waals surface area (Å²) in [5.41, 5.74) is 0. The minimum Gasteiger partial charge on any atom is -0.378 e. The van der Waals surface area contributed by atoms with Crippen molar-refractivity contribution < 1.29 is 9.53 Å². The zero-order valence-electron chi connectivity index (χ0n) is 11.1. The fourth-order valence-electron chi connectivity index (χ4n) is 2.43. The van der Waals surface area contributed by atoms with Crippen LogP contribution >= 0.6 is 22.7 Å². The number of carbonyl (C=O) groups excluding carboxylic acids is 1. The van der Waals surface area contributed by atoms with Crippen molar-refractivity contribution in [2.45, 2.75) is 31.4 Å².